The zero-order valence-electron chi connectivity index (χ0n) is 13.0. The first kappa shape index (κ1) is 15.8. The Balaban J connectivity index is 1.76. The SMILES string of the molecule is Cc1ccc(C)c(OCCC(=O)N2CCC(CCO)C2)c1. The smallest absolute Gasteiger partial charge is 0.226 e. The van der Waals surface area contributed by atoms with E-state index in [-0.39, 0.29) is 12.5 Å². The number of rotatable bonds is 6. The first-order valence-corrected chi connectivity index (χ1v) is 7.69. The Bertz CT molecular complexity index is 487. The molecule has 0 spiro atoms. The molecule has 0 aliphatic carbocycles. The van der Waals surface area contributed by atoms with Crippen LogP contribution in [-0.2, 0) is 4.79 Å². The fraction of sp³-hybridized carbons (Fsp3) is 0.588. The number of aliphatic hydroxyl groups is 1. The summed E-state index contributed by atoms with van der Waals surface area (Å²) in [5.41, 5.74) is 2.26. The molecule has 1 aliphatic rings. The third-order valence-electron chi connectivity index (χ3n) is 4.09. The summed E-state index contributed by atoms with van der Waals surface area (Å²) in [5.74, 6) is 1.47. The van der Waals surface area contributed by atoms with E-state index in [1.54, 1.807) is 0 Å². The Hall–Kier alpha value is -1.55. The highest BCUT2D eigenvalue weighted by Gasteiger charge is 2.25. The van der Waals surface area contributed by atoms with Crippen LogP contribution >= 0.6 is 0 Å². The number of nitrogens with zero attached hydrogens (tertiary/aromatic N) is 1. The van der Waals surface area contributed by atoms with E-state index in [9.17, 15) is 4.79 Å². The molecule has 1 amide bonds. The number of likely N-dealkylation sites (tertiary alicyclic amines) is 1. The van der Waals surface area contributed by atoms with E-state index in [1.165, 1.54) is 0 Å². The van der Waals surface area contributed by atoms with Gasteiger partial charge in [-0.15, -0.1) is 0 Å². The van der Waals surface area contributed by atoms with Crippen LogP contribution in [0, 0.1) is 19.8 Å². The molecule has 0 saturated carbocycles. The number of carbonyl (C=O) groups excluding carboxylic acids is 1. The highest BCUT2D eigenvalue weighted by atomic mass is 16.5. The van der Waals surface area contributed by atoms with E-state index in [2.05, 4.69) is 6.07 Å². The molecule has 1 aromatic carbocycles. The average Bonchev–Trinajstić information content (AvgIpc) is 2.92. The van der Waals surface area contributed by atoms with E-state index < -0.39 is 0 Å². The fourth-order valence-corrected chi connectivity index (χ4v) is 2.75. The minimum absolute atomic E-state index is 0.153. The van der Waals surface area contributed by atoms with Gasteiger partial charge in [-0.1, -0.05) is 12.1 Å². The molecule has 2 rings (SSSR count). The highest BCUT2D eigenvalue weighted by Crippen LogP contribution is 2.21. The van der Waals surface area contributed by atoms with Crippen LogP contribution in [0.25, 0.3) is 0 Å². The Kier molecular flexibility index (Phi) is 5.62. The van der Waals surface area contributed by atoms with Crippen molar-refractivity contribution in [1.29, 1.82) is 0 Å². The van der Waals surface area contributed by atoms with Crippen LogP contribution in [0.4, 0.5) is 0 Å². The molecule has 1 N–H and O–H groups in total. The third kappa shape index (κ3) is 4.46. The zero-order valence-corrected chi connectivity index (χ0v) is 13.0. The van der Waals surface area contributed by atoms with Crippen LogP contribution < -0.4 is 4.74 Å². The van der Waals surface area contributed by atoms with Gasteiger partial charge >= 0.3 is 0 Å². The monoisotopic (exact) mass is 291 g/mol. The quantitative estimate of drug-likeness (QED) is 0.875. The van der Waals surface area contributed by atoms with Gasteiger partial charge in [0.15, 0.2) is 0 Å². The highest BCUT2D eigenvalue weighted by molar-refractivity contribution is 5.76. The zero-order chi connectivity index (χ0) is 15.2. The van der Waals surface area contributed by atoms with Crippen LogP contribution in [0.3, 0.4) is 0 Å². The largest absolute Gasteiger partial charge is 0.493 e. The summed E-state index contributed by atoms with van der Waals surface area (Å²) in [6.07, 6.45) is 2.21. The molecule has 1 heterocycles. The summed E-state index contributed by atoms with van der Waals surface area (Å²) in [4.78, 5) is 14.0. The molecule has 21 heavy (non-hydrogen) atoms. The molecule has 1 aliphatic heterocycles. The molecule has 0 aromatic heterocycles. The van der Waals surface area contributed by atoms with Gasteiger partial charge in [-0.05, 0) is 49.8 Å². The molecule has 1 saturated heterocycles. The number of hydrogen-bond acceptors (Lipinski definition) is 3. The number of ether oxygens (including phenoxy) is 1. The first-order valence-electron chi connectivity index (χ1n) is 7.69. The number of aryl methyl sites for hydroxylation is 2. The maximum Gasteiger partial charge on any atom is 0.226 e. The molecule has 0 radical (unpaired) electrons. The second-order valence-electron chi connectivity index (χ2n) is 5.87. The van der Waals surface area contributed by atoms with Crippen molar-refractivity contribution in [3.63, 3.8) is 0 Å². The molecular formula is C17H25NO3. The summed E-state index contributed by atoms with van der Waals surface area (Å²) in [7, 11) is 0. The van der Waals surface area contributed by atoms with Crippen molar-refractivity contribution in [2.75, 3.05) is 26.3 Å². The van der Waals surface area contributed by atoms with Gasteiger partial charge in [-0.25, -0.2) is 0 Å². The van der Waals surface area contributed by atoms with Crippen molar-refractivity contribution in [3.8, 4) is 5.75 Å². The second kappa shape index (κ2) is 7.46. The van der Waals surface area contributed by atoms with Gasteiger partial charge in [0, 0.05) is 19.7 Å². The molecule has 4 nitrogen and oxygen atoms in total. The van der Waals surface area contributed by atoms with Crippen LogP contribution in [-0.4, -0.2) is 42.2 Å². The van der Waals surface area contributed by atoms with Gasteiger partial charge < -0.3 is 14.7 Å². The Morgan fingerprint density at radius 2 is 2.24 bits per heavy atom. The van der Waals surface area contributed by atoms with E-state index in [0.29, 0.717) is 18.9 Å². The molecule has 116 valence electrons. The lowest BCUT2D eigenvalue weighted by Crippen LogP contribution is -2.29. The van der Waals surface area contributed by atoms with Crippen LogP contribution in [0.2, 0.25) is 0 Å². The summed E-state index contributed by atoms with van der Waals surface area (Å²) < 4.78 is 5.73. The molecule has 1 atom stereocenters. The normalized spacial score (nSPS) is 18.0. The number of amides is 1. The Labute approximate surface area is 126 Å². The fourth-order valence-electron chi connectivity index (χ4n) is 2.75. The van der Waals surface area contributed by atoms with Gasteiger partial charge in [0.05, 0.1) is 13.0 Å². The topological polar surface area (TPSA) is 49.8 Å². The molecular weight excluding hydrogens is 266 g/mol. The first-order chi connectivity index (χ1) is 10.1. The summed E-state index contributed by atoms with van der Waals surface area (Å²) in [6, 6.07) is 6.10. The molecule has 1 unspecified atom stereocenters. The van der Waals surface area contributed by atoms with Crippen molar-refractivity contribution in [3.05, 3.63) is 29.3 Å². The van der Waals surface area contributed by atoms with Crippen molar-refractivity contribution >= 4 is 5.91 Å². The van der Waals surface area contributed by atoms with E-state index in [0.717, 1.165) is 42.8 Å². The van der Waals surface area contributed by atoms with Gasteiger partial charge in [0.1, 0.15) is 5.75 Å². The maximum atomic E-state index is 12.1. The van der Waals surface area contributed by atoms with E-state index in [4.69, 9.17) is 9.84 Å². The van der Waals surface area contributed by atoms with Gasteiger partial charge in [0.25, 0.3) is 0 Å². The van der Waals surface area contributed by atoms with Crippen molar-refractivity contribution in [2.45, 2.75) is 33.1 Å². The molecule has 1 fully saturated rings. The van der Waals surface area contributed by atoms with Crippen LogP contribution in [0.1, 0.15) is 30.4 Å². The molecule has 0 bridgehead atoms. The second-order valence-corrected chi connectivity index (χ2v) is 5.87. The number of carbonyl (C=O) groups is 1. The van der Waals surface area contributed by atoms with Crippen molar-refractivity contribution in [2.24, 2.45) is 5.92 Å². The van der Waals surface area contributed by atoms with E-state index in [1.807, 2.05) is 30.9 Å². The predicted molar refractivity (Wildman–Crippen MR) is 82.4 cm³/mol. The number of hydrogen-bond donors (Lipinski definition) is 1. The molecule has 1 aromatic rings. The van der Waals surface area contributed by atoms with Crippen molar-refractivity contribution in [1.82, 2.24) is 4.90 Å². The Morgan fingerprint density at radius 1 is 1.43 bits per heavy atom. The Morgan fingerprint density at radius 3 is 3.00 bits per heavy atom. The lowest BCUT2D eigenvalue weighted by Gasteiger charge is -2.17. The van der Waals surface area contributed by atoms with Crippen LogP contribution in [0.15, 0.2) is 18.2 Å². The predicted octanol–water partition coefficient (Wildman–Crippen LogP) is 2.30. The molecule has 4 heteroatoms. The van der Waals surface area contributed by atoms with Crippen LogP contribution in [0.5, 0.6) is 5.75 Å². The summed E-state index contributed by atoms with van der Waals surface area (Å²) >= 11 is 0. The lowest BCUT2D eigenvalue weighted by atomic mass is 10.1. The number of aliphatic hydroxyl groups excluding tert-OH is 1. The van der Waals surface area contributed by atoms with E-state index >= 15 is 0 Å². The minimum atomic E-state index is 0.153. The standard InChI is InChI=1S/C17H25NO3/c1-13-3-4-14(2)16(11-13)21-10-7-17(20)18-8-5-15(12-18)6-9-19/h3-4,11,15,19H,5-10,12H2,1-2H3. The lowest BCUT2D eigenvalue weighted by molar-refractivity contribution is -0.130. The van der Waals surface area contributed by atoms with Gasteiger partial charge in [0.2, 0.25) is 5.91 Å². The van der Waals surface area contributed by atoms with Gasteiger partial charge in [-0.2, -0.15) is 0 Å². The minimum Gasteiger partial charge on any atom is -0.493 e. The van der Waals surface area contributed by atoms with Crippen molar-refractivity contribution < 1.29 is 14.6 Å². The summed E-state index contributed by atoms with van der Waals surface area (Å²) in [5, 5.41) is 8.94. The number of benzene rings is 1. The van der Waals surface area contributed by atoms with Gasteiger partial charge in [-0.3, -0.25) is 4.79 Å². The average molecular weight is 291 g/mol. The third-order valence-corrected chi connectivity index (χ3v) is 4.09. The maximum absolute atomic E-state index is 12.1. The summed E-state index contributed by atoms with van der Waals surface area (Å²) in [6.45, 7) is 6.27.